The summed E-state index contributed by atoms with van der Waals surface area (Å²) in [5.74, 6) is -1.07. The van der Waals surface area contributed by atoms with Crippen LogP contribution in [-0.4, -0.2) is 38.6 Å². The minimum absolute atomic E-state index is 0.0298. The van der Waals surface area contributed by atoms with Crippen LogP contribution in [-0.2, 0) is 4.74 Å². The lowest BCUT2D eigenvalue weighted by Gasteiger charge is -2.06. The van der Waals surface area contributed by atoms with Crippen molar-refractivity contribution in [2.45, 2.75) is 6.92 Å². The first kappa shape index (κ1) is 17.8. The number of non-ortho nitro benzene ring substituents is 1. The van der Waals surface area contributed by atoms with Crippen molar-refractivity contribution in [3.05, 3.63) is 51.6 Å². The molecule has 11 heteroatoms. The molecule has 138 valence electrons. The minimum atomic E-state index is -0.641. The molecular weight excluding hydrogens is 356 g/mol. The summed E-state index contributed by atoms with van der Waals surface area (Å²) in [5, 5.41) is 20.2. The highest BCUT2D eigenvalue weighted by molar-refractivity contribution is 6.09. The summed E-state index contributed by atoms with van der Waals surface area (Å²) in [6.45, 7) is 1.83. The fraction of sp³-hybridized carbons (Fsp3) is 0.125. The maximum atomic E-state index is 12.4. The molecule has 27 heavy (non-hydrogen) atoms. The van der Waals surface area contributed by atoms with Crippen LogP contribution in [0.1, 0.15) is 27.6 Å². The van der Waals surface area contributed by atoms with E-state index < -0.39 is 16.8 Å². The molecule has 2 aromatic heterocycles. The molecule has 0 unspecified atom stereocenters. The lowest BCUT2D eigenvalue weighted by atomic mass is 10.2. The molecular formula is C16H14N6O5. The number of hydrogen-bond acceptors (Lipinski definition) is 8. The van der Waals surface area contributed by atoms with Gasteiger partial charge in [0, 0.05) is 17.7 Å². The number of carbonyl (C=O) groups is 2. The largest absolute Gasteiger partial charge is 0.462 e. The van der Waals surface area contributed by atoms with Crippen LogP contribution in [0.3, 0.4) is 0 Å². The Bertz CT molecular complexity index is 1040. The van der Waals surface area contributed by atoms with Crippen molar-refractivity contribution in [3.8, 4) is 0 Å². The maximum absolute atomic E-state index is 12.4. The van der Waals surface area contributed by atoms with Crippen LogP contribution in [0.4, 0.5) is 17.3 Å². The standard InChI is InChI=1S/C16H14N6O5/c1-2-27-16(24)10-7-11-13(18-12(10)17)20-21-14(11)19-15(23)8-3-5-9(6-4-8)22(25)26/h3-7H,2H2,1H3,(H4,17,18,19,20,21,23). The van der Waals surface area contributed by atoms with Crippen molar-refractivity contribution >= 4 is 40.2 Å². The molecule has 0 aliphatic rings. The third-order valence-electron chi connectivity index (χ3n) is 3.65. The number of anilines is 2. The van der Waals surface area contributed by atoms with E-state index in [0.717, 1.165) is 0 Å². The second-order valence-corrected chi connectivity index (χ2v) is 5.37. The Morgan fingerprint density at radius 1 is 1.33 bits per heavy atom. The van der Waals surface area contributed by atoms with E-state index >= 15 is 0 Å². The zero-order chi connectivity index (χ0) is 19.6. The highest BCUT2D eigenvalue weighted by atomic mass is 16.6. The molecule has 0 fully saturated rings. The summed E-state index contributed by atoms with van der Waals surface area (Å²) in [4.78, 5) is 38.5. The van der Waals surface area contributed by atoms with Gasteiger partial charge in [-0.05, 0) is 25.1 Å². The van der Waals surface area contributed by atoms with Crippen molar-refractivity contribution in [1.82, 2.24) is 15.2 Å². The van der Waals surface area contributed by atoms with Gasteiger partial charge in [0.25, 0.3) is 11.6 Å². The highest BCUT2D eigenvalue weighted by Gasteiger charge is 2.18. The van der Waals surface area contributed by atoms with Gasteiger partial charge in [0.05, 0.1) is 16.9 Å². The first-order chi connectivity index (χ1) is 12.9. The normalized spacial score (nSPS) is 10.6. The van der Waals surface area contributed by atoms with Gasteiger partial charge < -0.3 is 15.8 Å². The number of nitrogens with zero attached hydrogens (tertiary/aromatic N) is 3. The number of nitrogen functional groups attached to an aromatic ring is 1. The molecule has 0 radical (unpaired) electrons. The number of carbonyl (C=O) groups excluding carboxylic acids is 2. The Hall–Kier alpha value is -4.02. The second kappa shape index (κ2) is 7.07. The Kier molecular flexibility index (Phi) is 4.66. The molecule has 0 spiro atoms. The third kappa shape index (κ3) is 3.51. The van der Waals surface area contributed by atoms with Gasteiger partial charge >= 0.3 is 5.97 Å². The minimum Gasteiger partial charge on any atom is -0.462 e. The topological polar surface area (TPSA) is 166 Å². The van der Waals surface area contributed by atoms with Crippen LogP contribution in [0.15, 0.2) is 30.3 Å². The van der Waals surface area contributed by atoms with E-state index in [0.29, 0.717) is 5.39 Å². The average molecular weight is 370 g/mol. The predicted molar refractivity (Wildman–Crippen MR) is 95.3 cm³/mol. The fourth-order valence-corrected chi connectivity index (χ4v) is 2.34. The maximum Gasteiger partial charge on any atom is 0.341 e. The SMILES string of the molecule is CCOC(=O)c1cc2c(NC(=O)c3ccc([N+](=O)[O-])cc3)n[nH]c2nc1N. The van der Waals surface area contributed by atoms with E-state index in [1.807, 2.05) is 0 Å². The molecule has 0 aliphatic heterocycles. The molecule has 1 amide bonds. The Balaban J connectivity index is 1.90. The Morgan fingerprint density at radius 2 is 2.04 bits per heavy atom. The fourth-order valence-electron chi connectivity index (χ4n) is 2.34. The van der Waals surface area contributed by atoms with Crippen molar-refractivity contribution in [3.63, 3.8) is 0 Å². The molecule has 1 aromatic carbocycles. The number of esters is 1. The number of nitrogens with one attached hydrogen (secondary N) is 2. The molecule has 3 aromatic rings. The number of H-pyrrole nitrogens is 1. The number of ether oxygens (including phenoxy) is 1. The van der Waals surface area contributed by atoms with Crippen LogP contribution in [0.25, 0.3) is 11.0 Å². The van der Waals surface area contributed by atoms with E-state index in [2.05, 4.69) is 20.5 Å². The van der Waals surface area contributed by atoms with E-state index in [4.69, 9.17) is 10.5 Å². The van der Waals surface area contributed by atoms with E-state index in [9.17, 15) is 19.7 Å². The van der Waals surface area contributed by atoms with Gasteiger partial charge in [-0.3, -0.25) is 20.0 Å². The summed E-state index contributed by atoms with van der Waals surface area (Å²) in [6.07, 6.45) is 0. The number of benzene rings is 1. The van der Waals surface area contributed by atoms with E-state index in [1.165, 1.54) is 30.3 Å². The third-order valence-corrected chi connectivity index (χ3v) is 3.65. The molecule has 4 N–H and O–H groups in total. The van der Waals surface area contributed by atoms with Crippen molar-refractivity contribution in [2.75, 3.05) is 17.7 Å². The summed E-state index contributed by atoms with van der Waals surface area (Å²) in [6, 6.07) is 6.51. The molecule has 2 heterocycles. The van der Waals surface area contributed by atoms with Gasteiger partial charge in [-0.25, -0.2) is 9.78 Å². The zero-order valence-corrected chi connectivity index (χ0v) is 14.1. The number of nitro benzene ring substituents is 1. The summed E-state index contributed by atoms with van der Waals surface area (Å²) >= 11 is 0. The monoisotopic (exact) mass is 370 g/mol. The predicted octanol–water partition coefficient (Wildman–Crippen LogP) is 1.88. The van der Waals surface area contributed by atoms with Gasteiger partial charge in [0.2, 0.25) is 0 Å². The summed E-state index contributed by atoms with van der Waals surface area (Å²) < 4.78 is 4.92. The smallest absolute Gasteiger partial charge is 0.341 e. The number of fused-ring (bicyclic) bond motifs is 1. The number of amides is 1. The average Bonchev–Trinajstić information content (AvgIpc) is 3.02. The molecule has 11 nitrogen and oxygen atoms in total. The summed E-state index contributed by atoms with van der Waals surface area (Å²) in [7, 11) is 0. The lowest BCUT2D eigenvalue weighted by Crippen LogP contribution is -2.13. The molecule has 0 saturated carbocycles. The molecule has 0 bridgehead atoms. The number of hydrogen-bond donors (Lipinski definition) is 3. The van der Waals surface area contributed by atoms with Crippen molar-refractivity contribution in [1.29, 1.82) is 0 Å². The van der Waals surface area contributed by atoms with Gasteiger partial charge in [-0.2, -0.15) is 5.10 Å². The molecule has 0 saturated heterocycles. The first-order valence-corrected chi connectivity index (χ1v) is 7.78. The van der Waals surface area contributed by atoms with Crippen molar-refractivity contribution in [2.24, 2.45) is 0 Å². The molecule has 0 atom stereocenters. The number of nitrogens with two attached hydrogens (primary N) is 1. The number of aromatic nitrogens is 3. The van der Waals surface area contributed by atoms with Crippen LogP contribution in [0, 0.1) is 10.1 Å². The summed E-state index contributed by atoms with van der Waals surface area (Å²) in [5.41, 5.74) is 6.16. The first-order valence-electron chi connectivity index (χ1n) is 7.78. The number of nitro groups is 1. The van der Waals surface area contributed by atoms with Crippen LogP contribution in [0.2, 0.25) is 0 Å². The van der Waals surface area contributed by atoms with E-state index in [-0.39, 0.29) is 40.7 Å². The van der Waals surface area contributed by atoms with Crippen LogP contribution in [0.5, 0.6) is 0 Å². The number of rotatable bonds is 5. The van der Waals surface area contributed by atoms with Crippen LogP contribution < -0.4 is 11.1 Å². The van der Waals surface area contributed by atoms with Crippen molar-refractivity contribution < 1.29 is 19.2 Å². The number of pyridine rings is 1. The van der Waals surface area contributed by atoms with Gasteiger partial charge in [-0.15, -0.1) is 0 Å². The zero-order valence-electron chi connectivity index (χ0n) is 14.1. The lowest BCUT2D eigenvalue weighted by molar-refractivity contribution is -0.384. The van der Waals surface area contributed by atoms with Gasteiger partial charge in [-0.1, -0.05) is 0 Å². The van der Waals surface area contributed by atoms with Gasteiger partial charge in [0.15, 0.2) is 11.5 Å². The Labute approximate surface area is 151 Å². The molecule has 3 rings (SSSR count). The quantitative estimate of drug-likeness (QED) is 0.347. The van der Waals surface area contributed by atoms with E-state index in [1.54, 1.807) is 6.92 Å². The van der Waals surface area contributed by atoms with Crippen LogP contribution >= 0.6 is 0 Å². The molecule has 0 aliphatic carbocycles. The highest BCUT2D eigenvalue weighted by Crippen LogP contribution is 2.24. The van der Waals surface area contributed by atoms with Gasteiger partial charge in [0.1, 0.15) is 11.4 Å². The number of aromatic amines is 1. The Morgan fingerprint density at radius 3 is 2.67 bits per heavy atom. The second-order valence-electron chi connectivity index (χ2n) is 5.37.